The van der Waals surface area contributed by atoms with Gasteiger partial charge in [-0.15, -0.1) is 0 Å². The van der Waals surface area contributed by atoms with Crippen LogP contribution < -0.4 is 10.1 Å². The average Bonchev–Trinajstić information content (AvgIpc) is 2.67. The van der Waals surface area contributed by atoms with E-state index in [4.69, 9.17) is 9.84 Å². The van der Waals surface area contributed by atoms with Crippen LogP contribution in [0, 0.1) is 0 Å². The molecule has 0 spiro atoms. The van der Waals surface area contributed by atoms with Crippen LogP contribution >= 0.6 is 15.9 Å². The van der Waals surface area contributed by atoms with Crippen molar-refractivity contribution in [1.82, 2.24) is 15.2 Å². The summed E-state index contributed by atoms with van der Waals surface area (Å²) in [5.74, 6) is 0.436. The molecule has 1 aromatic carbocycles. The van der Waals surface area contributed by atoms with E-state index < -0.39 is 6.09 Å². The number of aromatic nitrogens is 1. The number of nitrogens with one attached hydrogen (secondary N) is 1. The van der Waals surface area contributed by atoms with Crippen LogP contribution in [0.5, 0.6) is 5.88 Å². The molecule has 0 radical (unpaired) electrons. The van der Waals surface area contributed by atoms with Crippen LogP contribution in [-0.4, -0.2) is 65.6 Å². The van der Waals surface area contributed by atoms with Crippen LogP contribution in [0.15, 0.2) is 28.7 Å². The lowest BCUT2D eigenvalue weighted by atomic mass is 9.95. The van der Waals surface area contributed by atoms with Crippen LogP contribution in [0.3, 0.4) is 0 Å². The van der Waals surface area contributed by atoms with E-state index in [-0.39, 0.29) is 18.6 Å². The van der Waals surface area contributed by atoms with Gasteiger partial charge >= 0.3 is 6.09 Å². The Morgan fingerprint density at radius 1 is 1.37 bits per heavy atom. The first-order valence-corrected chi connectivity index (χ1v) is 9.77. The quantitative estimate of drug-likeness (QED) is 0.642. The number of amides is 1. The van der Waals surface area contributed by atoms with Gasteiger partial charge in [0, 0.05) is 47.5 Å². The molecule has 0 bridgehead atoms. The number of halogens is 1. The molecule has 1 aromatic heterocycles. The zero-order chi connectivity index (χ0) is 19.4. The first-order valence-electron chi connectivity index (χ1n) is 8.97. The van der Waals surface area contributed by atoms with E-state index in [1.54, 1.807) is 7.11 Å². The minimum Gasteiger partial charge on any atom is -0.481 e. The number of benzene rings is 1. The number of methoxy groups -OCH3 is 1. The number of nitrogens with zero attached hydrogens (tertiary/aromatic N) is 2. The molecule has 0 aliphatic carbocycles. The van der Waals surface area contributed by atoms with Gasteiger partial charge in [0.05, 0.1) is 19.2 Å². The predicted molar refractivity (Wildman–Crippen MR) is 106 cm³/mol. The van der Waals surface area contributed by atoms with Crippen LogP contribution in [0.1, 0.15) is 24.3 Å². The van der Waals surface area contributed by atoms with Crippen molar-refractivity contribution < 1.29 is 19.7 Å². The molecule has 3 rings (SSSR count). The number of aliphatic hydroxyl groups is 1. The summed E-state index contributed by atoms with van der Waals surface area (Å²) < 4.78 is 6.18. The molecular formula is C19H24BrN3O4. The van der Waals surface area contributed by atoms with Crippen LogP contribution in [0.4, 0.5) is 4.79 Å². The number of likely N-dealkylation sites (tertiary alicyclic amines) is 1. The smallest absolute Gasteiger partial charge is 0.404 e. The lowest BCUT2D eigenvalue weighted by molar-refractivity contribution is 0.152. The highest BCUT2D eigenvalue weighted by atomic mass is 79.9. The molecule has 7 nitrogen and oxygen atoms in total. The number of aliphatic hydroxyl groups excluding tert-OH is 1. The van der Waals surface area contributed by atoms with Gasteiger partial charge in [0.15, 0.2) is 0 Å². The van der Waals surface area contributed by atoms with Crippen molar-refractivity contribution in [3.8, 4) is 5.88 Å². The summed E-state index contributed by atoms with van der Waals surface area (Å²) in [7, 11) is 1.59. The van der Waals surface area contributed by atoms with Gasteiger partial charge in [0.25, 0.3) is 0 Å². The second-order valence-corrected chi connectivity index (χ2v) is 7.64. The SMILES string of the molecule is COc1ccc2ccc(Br)c(C(CO)CN3CCC(NC(=O)O)CC3)c2n1. The van der Waals surface area contributed by atoms with E-state index >= 15 is 0 Å². The van der Waals surface area contributed by atoms with Crippen molar-refractivity contribution in [2.45, 2.75) is 24.8 Å². The molecule has 27 heavy (non-hydrogen) atoms. The van der Waals surface area contributed by atoms with E-state index in [1.807, 2.05) is 24.3 Å². The maximum atomic E-state index is 10.8. The number of pyridine rings is 1. The Labute approximate surface area is 166 Å². The Bertz CT molecular complexity index is 809. The number of carboxylic acid groups (broad SMARTS) is 1. The molecule has 1 amide bonds. The Hall–Kier alpha value is -1.90. The minimum atomic E-state index is -0.971. The monoisotopic (exact) mass is 437 g/mol. The van der Waals surface area contributed by atoms with Gasteiger partial charge in [-0.05, 0) is 30.5 Å². The summed E-state index contributed by atoms with van der Waals surface area (Å²) in [4.78, 5) is 17.7. The number of hydrogen-bond acceptors (Lipinski definition) is 5. The molecule has 1 aliphatic heterocycles. The fourth-order valence-electron chi connectivity index (χ4n) is 3.66. The Morgan fingerprint density at radius 2 is 2.07 bits per heavy atom. The molecule has 146 valence electrons. The largest absolute Gasteiger partial charge is 0.481 e. The zero-order valence-corrected chi connectivity index (χ0v) is 16.8. The van der Waals surface area contributed by atoms with Crippen molar-refractivity contribution in [2.24, 2.45) is 0 Å². The second-order valence-electron chi connectivity index (χ2n) is 6.79. The lowest BCUT2D eigenvalue weighted by Crippen LogP contribution is -2.45. The summed E-state index contributed by atoms with van der Waals surface area (Å²) in [6.45, 7) is 2.28. The highest BCUT2D eigenvalue weighted by Crippen LogP contribution is 2.33. The predicted octanol–water partition coefficient (Wildman–Crippen LogP) is 2.81. The molecule has 0 saturated carbocycles. The fourth-order valence-corrected chi connectivity index (χ4v) is 4.30. The summed E-state index contributed by atoms with van der Waals surface area (Å²) in [5.41, 5.74) is 1.80. The van der Waals surface area contributed by atoms with Gasteiger partial charge in [-0.2, -0.15) is 0 Å². The van der Waals surface area contributed by atoms with Gasteiger partial charge in [-0.1, -0.05) is 22.0 Å². The molecule has 1 atom stereocenters. The van der Waals surface area contributed by atoms with Crippen LogP contribution in [0.25, 0.3) is 10.9 Å². The molecule has 1 unspecified atom stereocenters. The Kier molecular flexibility index (Phi) is 6.51. The van der Waals surface area contributed by atoms with E-state index in [9.17, 15) is 9.90 Å². The van der Waals surface area contributed by atoms with E-state index in [0.717, 1.165) is 46.9 Å². The van der Waals surface area contributed by atoms with E-state index in [2.05, 4.69) is 31.1 Å². The summed E-state index contributed by atoms with van der Waals surface area (Å²) in [6, 6.07) is 7.77. The summed E-state index contributed by atoms with van der Waals surface area (Å²) in [6.07, 6.45) is 0.571. The van der Waals surface area contributed by atoms with Gasteiger partial charge in [0.2, 0.25) is 5.88 Å². The molecular weight excluding hydrogens is 414 g/mol. The third kappa shape index (κ3) is 4.69. The molecule has 8 heteroatoms. The van der Waals surface area contributed by atoms with Crippen molar-refractivity contribution in [1.29, 1.82) is 0 Å². The molecule has 2 aromatic rings. The Balaban J connectivity index is 1.80. The topological polar surface area (TPSA) is 94.9 Å². The van der Waals surface area contributed by atoms with E-state index in [1.165, 1.54) is 0 Å². The zero-order valence-electron chi connectivity index (χ0n) is 15.2. The number of carbonyl (C=O) groups is 1. The first-order chi connectivity index (χ1) is 13.0. The van der Waals surface area contributed by atoms with Crippen molar-refractivity contribution in [2.75, 3.05) is 33.4 Å². The third-order valence-corrected chi connectivity index (χ3v) is 5.75. The van der Waals surface area contributed by atoms with E-state index in [0.29, 0.717) is 12.4 Å². The average molecular weight is 438 g/mol. The van der Waals surface area contributed by atoms with Crippen molar-refractivity contribution >= 4 is 32.9 Å². The number of fused-ring (bicyclic) bond motifs is 1. The van der Waals surface area contributed by atoms with Gasteiger partial charge in [-0.3, -0.25) is 0 Å². The molecule has 1 fully saturated rings. The number of rotatable bonds is 6. The van der Waals surface area contributed by atoms with Crippen LogP contribution in [0.2, 0.25) is 0 Å². The number of hydrogen-bond donors (Lipinski definition) is 3. The van der Waals surface area contributed by atoms with Crippen molar-refractivity contribution in [3.63, 3.8) is 0 Å². The molecule has 3 N–H and O–H groups in total. The second kappa shape index (κ2) is 8.86. The molecule has 1 aliphatic rings. The number of ether oxygens (including phenoxy) is 1. The maximum absolute atomic E-state index is 10.8. The number of piperidine rings is 1. The molecule has 2 heterocycles. The minimum absolute atomic E-state index is 0.00143. The lowest BCUT2D eigenvalue weighted by Gasteiger charge is -2.34. The first kappa shape index (κ1) is 19.9. The normalized spacial score (nSPS) is 17.0. The fraction of sp³-hybridized carbons (Fsp3) is 0.474. The summed E-state index contributed by atoms with van der Waals surface area (Å²) in [5, 5.41) is 22.5. The van der Waals surface area contributed by atoms with Gasteiger partial charge < -0.3 is 25.2 Å². The highest BCUT2D eigenvalue weighted by molar-refractivity contribution is 9.10. The summed E-state index contributed by atoms with van der Waals surface area (Å²) >= 11 is 3.62. The van der Waals surface area contributed by atoms with Gasteiger partial charge in [0.1, 0.15) is 0 Å². The Morgan fingerprint density at radius 3 is 2.70 bits per heavy atom. The van der Waals surface area contributed by atoms with Crippen LogP contribution in [-0.2, 0) is 0 Å². The van der Waals surface area contributed by atoms with Crippen molar-refractivity contribution in [3.05, 3.63) is 34.3 Å². The molecule has 1 saturated heterocycles. The standard InChI is InChI=1S/C19H24BrN3O4/c1-27-16-5-3-12-2-4-15(20)17(18(12)22-16)13(11-24)10-23-8-6-14(7-9-23)21-19(25)26/h2-5,13-14,21,24H,6-11H2,1H3,(H,25,26). The highest BCUT2D eigenvalue weighted by Gasteiger charge is 2.25. The van der Waals surface area contributed by atoms with Gasteiger partial charge in [-0.25, -0.2) is 9.78 Å². The third-order valence-electron chi connectivity index (χ3n) is 5.05. The maximum Gasteiger partial charge on any atom is 0.404 e.